The average Bonchev–Trinajstić information content (AvgIpc) is 2.15. The number of rotatable bonds is 8. The molecular weight excluding hydrogens is 199 g/mol. The van der Waals surface area contributed by atoms with Gasteiger partial charge in [-0.3, -0.25) is 4.99 Å². The highest BCUT2D eigenvalue weighted by Crippen LogP contribution is 2.17. The molecule has 0 aromatic heterocycles. The zero-order valence-electron chi connectivity index (χ0n) is 8.34. The van der Waals surface area contributed by atoms with Crippen molar-refractivity contribution in [1.82, 2.24) is 0 Å². The van der Waals surface area contributed by atoms with Crippen molar-refractivity contribution in [3.05, 3.63) is 12.3 Å². The Hall–Kier alpha value is -0.440. The summed E-state index contributed by atoms with van der Waals surface area (Å²) in [5.41, 5.74) is 5.19. The van der Waals surface area contributed by atoms with Gasteiger partial charge in [0.2, 0.25) is 8.38 Å². The van der Waals surface area contributed by atoms with Crippen LogP contribution in [-0.2, 0) is 0 Å². The Morgan fingerprint density at radius 2 is 1.86 bits per heavy atom. The zero-order valence-corrected chi connectivity index (χ0v) is 9.24. The van der Waals surface area contributed by atoms with Gasteiger partial charge in [-0.15, -0.1) is 0 Å². The van der Waals surface area contributed by atoms with E-state index in [1.807, 2.05) is 6.08 Å². The Bertz CT molecular complexity index is 172. The van der Waals surface area contributed by atoms with Crippen LogP contribution in [0.1, 0.15) is 32.1 Å². The van der Waals surface area contributed by atoms with Crippen LogP contribution in [0.15, 0.2) is 17.3 Å². The Balaban J connectivity index is 3.06. The first-order chi connectivity index (χ1) is 6.77. The summed E-state index contributed by atoms with van der Waals surface area (Å²) in [7, 11) is -1.95. The lowest BCUT2D eigenvalue weighted by atomic mass is 10.1. The molecule has 14 heavy (non-hydrogen) atoms. The van der Waals surface area contributed by atoms with E-state index in [1.54, 1.807) is 6.20 Å². The normalized spacial score (nSPS) is 12.2. The standard InChI is InChI=1S/C9H19N2O2P/c10-7-5-3-1-2-4-6-8-11-9-14(12)13/h5,7,9,12-13H,1-4,6,8,10H2. The third-order valence-electron chi connectivity index (χ3n) is 1.73. The second-order valence-electron chi connectivity index (χ2n) is 2.97. The minimum Gasteiger partial charge on any atom is -0.405 e. The summed E-state index contributed by atoms with van der Waals surface area (Å²) < 4.78 is 0. The van der Waals surface area contributed by atoms with Gasteiger partial charge in [0.15, 0.2) is 0 Å². The Kier molecular flexibility index (Phi) is 10.3. The Morgan fingerprint density at radius 1 is 1.14 bits per heavy atom. The van der Waals surface area contributed by atoms with Crippen molar-refractivity contribution in [2.45, 2.75) is 32.1 Å². The summed E-state index contributed by atoms with van der Waals surface area (Å²) in [5.74, 6) is 1.21. The molecule has 0 radical (unpaired) electrons. The van der Waals surface area contributed by atoms with Crippen LogP contribution in [0.25, 0.3) is 0 Å². The maximum Gasteiger partial charge on any atom is 0.211 e. The Morgan fingerprint density at radius 3 is 2.50 bits per heavy atom. The maximum absolute atomic E-state index is 8.50. The van der Waals surface area contributed by atoms with Crippen LogP contribution in [0.2, 0.25) is 0 Å². The van der Waals surface area contributed by atoms with Crippen LogP contribution in [0, 0.1) is 0 Å². The van der Waals surface area contributed by atoms with Crippen molar-refractivity contribution in [3.63, 3.8) is 0 Å². The van der Waals surface area contributed by atoms with E-state index in [0.717, 1.165) is 25.7 Å². The average molecular weight is 218 g/mol. The fourth-order valence-corrected chi connectivity index (χ4v) is 1.31. The van der Waals surface area contributed by atoms with Crippen molar-refractivity contribution in [2.24, 2.45) is 10.7 Å². The molecule has 0 atom stereocenters. The number of nitrogens with two attached hydrogens (primary N) is 1. The minimum atomic E-state index is -1.95. The first-order valence-corrected chi connectivity index (χ1v) is 6.12. The fraction of sp³-hybridized carbons (Fsp3) is 0.667. The van der Waals surface area contributed by atoms with Crippen molar-refractivity contribution in [2.75, 3.05) is 6.54 Å². The fourth-order valence-electron chi connectivity index (χ4n) is 1.05. The number of hydrogen-bond donors (Lipinski definition) is 3. The predicted molar refractivity (Wildman–Crippen MR) is 61.1 cm³/mol. The van der Waals surface area contributed by atoms with Crippen LogP contribution in [0.4, 0.5) is 0 Å². The highest BCUT2D eigenvalue weighted by Gasteiger charge is 1.90. The van der Waals surface area contributed by atoms with Gasteiger partial charge in [0, 0.05) is 6.54 Å². The van der Waals surface area contributed by atoms with Crippen molar-refractivity contribution in [3.8, 4) is 0 Å². The van der Waals surface area contributed by atoms with Gasteiger partial charge in [-0.1, -0.05) is 18.9 Å². The molecule has 0 fully saturated rings. The van der Waals surface area contributed by atoms with Crippen LogP contribution >= 0.6 is 8.38 Å². The predicted octanol–water partition coefficient (Wildman–Crippen LogP) is 1.73. The molecule has 5 heteroatoms. The van der Waals surface area contributed by atoms with Crippen molar-refractivity contribution >= 4 is 14.3 Å². The summed E-state index contributed by atoms with van der Waals surface area (Å²) in [6.45, 7) is 0.687. The summed E-state index contributed by atoms with van der Waals surface area (Å²) >= 11 is 0. The molecule has 4 nitrogen and oxygen atoms in total. The molecular formula is C9H19N2O2P. The van der Waals surface area contributed by atoms with Crippen LogP contribution in [0.5, 0.6) is 0 Å². The number of allylic oxidation sites excluding steroid dienone is 1. The molecule has 0 spiro atoms. The third kappa shape index (κ3) is 11.6. The quantitative estimate of drug-likeness (QED) is 0.330. The summed E-state index contributed by atoms with van der Waals surface area (Å²) in [4.78, 5) is 20.9. The van der Waals surface area contributed by atoms with Crippen molar-refractivity contribution in [1.29, 1.82) is 0 Å². The lowest BCUT2D eigenvalue weighted by molar-refractivity contribution is 0.501. The second-order valence-corrected chi connectivity index (χ2v) is 3.84. The largest absolute Gasteiger partial charge is 0.405 e. The van der Waals surface area contributed by atoms with Crippen LogP contribution in [0.3, 0.4) is 0 Å². The van der Waals surface area contributed by atoms with E-state index in [4.69, 9.17) is 15.5 Å². The monoisotopic (exact) mass is 218 g/mol. The van der Waals surface area contributed by atoms with E-state index in [9.17, 15) is 0 Å². The maximum atomic E-state index is 8.50. The molecule has 82 valence electrons. The lowest BCUT2D eigenvalue weighted by Crippen LogP contribution is -1.84. The number of unbranched alkanes of at least 4 members (excludes halogenated alkanes) is 4. The minimum absolute atomic E-state index is 0.687. The smallest absolute Gasteiger partial charge is 0.211 e. The van der Waals surface area contributed by atoms with E-state index >= 15 is 0 Å². The topological polar surface area (TPSA) is 78.8 Å². The molecule has 0 rings (SSSR count). The van der Waals surface area contributed by atoms with Crippen LogP contribution < -0.4 is 5.73 Å². The SMILES string of the molecule is NC=CCCCCCCN=CP(O)O. The molecule has 0 aromatic rings. The molecule has 0 amide bonds. The molecule has 0 aromatic carbocycles. The number of nitrogens with zero attached hydrogens (tertiary/aromatic N) is 1. The van der Waals surface area contributed by atoms with Gasteiger partial charge < -0.3 is 15.5 Å². The molecule has 0 aliphatic heterocycles. The van der Waals surface area contributed by atoms with Gasteiger partial charge in [-0.2, -0.15) is 0 Å². The molecule has 4 N–H and O–H groups in total. The van der Waals surface area contributed by atoms with Gasteiger partial charge >= 0.3 is 0 Å². The van der Waals surface area contributed by atoms with Gasteiger partial charge in [-0.05, 0) is 25.5 Å². The highest BCUT2D eigenvalue weighted by molar-refractivity contribution is 7.61. The molecule has 0 saturated carbocycles. The van der Waals surface area contributed by atoms with Gasteiger partial charge in [-0.25, -0.2) is 0 Å². The lowest BCUT2D eigenvalue weighted by Gasteiger charge is -1.96. The number of aliphatic imine (C=N–C) groups is 1. The molecule has 0 unspecified atom stereocenters. The van der Waals surface area contributed by atoms with E-state index in [-0.39, 0.29) is 0 Å². The van der Waals surface area contributed by atoms with Crippen molar-refractivity contribution < 1.29 is 9.79 Å². The van der Waals surface area contributed by atoms with Gasteiger partial charge in [0.1, 0.15) is 0 Å². The first kappa shape index (κ1) is 13.6. The van der Waals surface area contributed by atoms with E-state index in [1.165, 1.54) is 12.4 Å². The Labute approximate surface area is 86.5 Å². The molecule has 0 aliphatic carbocycles. The number of hydrogen-bond acceptors (Lipinski definition) is 4. The molecule has 0 saturated heterocycles. The van der Waals surface area contributed by atoms with E-state index in [0.29, 0.717) is 6.54 Å². The second kappa shape index (κ2) is 10.6. The van der Waals surface area contributed by atoms with E-state index in [2.05, 4.69) is 4.99 Å². The van der Waals surface area contributed by atoms with Gasteiger partial charge in [0.25, 0.3) is 0 Å². The molecule has 0 heterocycles. The highest BCUT2D eigenvalue weighted by atomic mass is 31.2. The zero-order chi connectivity index (χ0) is 10.6. The van der Waals surface area contributed by atoms with E-state index < -0.39 is 8.38 Å². The summed E-state index contributed by atoms with van der Waals surface area (Å²) in [5, 5.41) is 0. The first-order valence-electron chi connectivity index (χ1n) is 4.81. The summed E-state index contributed by atoms with van der Waals surface area (Å²) in [6, 6.07) is 0. The third-order valence-corrected chi connectivity index (χ3v) is 2.10. The van der Waals surface area contributed by atoms with Crippen LogP contribution in [-0.4, -0.2) is 22.3 Å². The van der Waals surface area contributed by atoms with Gasteiger partial charge in [0.05, 0.1) is 5.96 Å². The molecule has 0 aliphatic rings. The molecule has 0 bridgehead atoms. The summed E-state index contributed by atoms with van der Waals surface area (Å²) in [6.07, 6.45) is 9.05.